The second kappa shape index (κ2) is 12.9. The molecule has 0 aliphatic heterocycles. The van der Waals surface area contributed by atoms with Crippen molar-refractivity contribution in [3.8, 4) is 11.5 Å². The number of hydrogen-bond donors (Lipinski definition) is 1. The summed E-state index contributed by atoms with van der Waals surface area (Å²) in [6.45, 7) is 5.83. The zero-order valence-corrected chi connectivity index (χ0v) is 20.3. The summed E-state index contributed by atoms with van der Waals surface area (Å²) in [5.74, 6) is -4.05. The fourth-order valence-corrected chi connectivity index (χ4v) is 3.37. The van der Waals surface area contributed by atoms with Crippen LogP contribution in [0.1, 0.15) is 67.9 Å². The number of hydrogen-bond acceptors (Lipinski definition) is 4. The first-order valence-electron chi connectivity index (χ1n) is 11.6. The van der Waals surface area contributed by atoms with E-state index < -0.39 is 23.4 Å². The third kappa shape index (κ3) is 7.71. The van der Waals surface area contributed by atoms with E-state index in [-0.39, 0.29) is 23.7 Å². The number of alkyl halides is 2. The van der Waals surface area contributed by atoms with Crippen LogP contribution >= 0.6 is 0 Å². The Morgan fingerprint density at radius 1 is 1.00 bits per heavy atom. The van der Waals surface area contributed by atoms with E-state index in [1.165, 1.54) is 13.2 Å². The number of nitrogens with zero attached hydrogens (tertiary/aromatic N) is 1. The number of benzene rings is 2. The number of amides is 3. The number of methoxy groups -OCH3 is 1. The van der Waals surface area contributed by atoms with E-state index in [1.807, 2.05) is 44.2 Å². The summed E-state index contributed by atoms with van der Waals surface area (Å²) >= 11 is 0. The van der Waals surface area contributed by atoms with Gasteiger partial charge in [-0.3, -0.25) is 10.1 Å². The maximum atomic E-state index is 14.4. The van der Waals surface area contributed by atoms with Crippen LogP contribution in [-0.4, -0.2) is 37.0 Å². The Morgan fingerprint density at radius 3 is 2.15 bits per heavy atom. The van der Waals surface area contributed by atoms with Gasteiger partial charge in [0.05, 0.1) is 12.7 Å². The highest BCUT2D eigenvalue weighted by Crippen LogP contribution is 2.38. The number of urea groups is 1. The van der Waals surface area contributed by atoms with Gasteiger partial charge in [-0.25, -0.2) is 13.6 Å². The molecule has 186 valence electrons. The van der Waals surface area contributed by atoms with Gasteiger partial charge in [0.2, 0.25) is 0 Å². The lowest BCUT2D eigenvalue weighted by Gasteiger charge is -2.23. The van der Waals surface area contributed by atoms with Gasteiger partial charge in [0, 0.05) is 25.6 Å². The van der Waals surface area contributed by atoms with Crippen LogP contribution in [0.15, 0.2) is 42.5 Å². The minimum atomic E-state index is -3.34. The largest absolute Gasteiger partial charge is 0.493 e. The van der Waals surface area contributed by atoms with E-state index in [0.717, 1.165) is 37.3 Å². The average molecular weight is 477 g/mol. The van der Waals surface area contributed by atoms with Crippen molar-refractivity contribution in [1.29, 1.82) is 0 Å². The molecule has 0 saturated heterocycles. The van der Waals surface area contributed by atoms with Crippen LogP contribution in [0, 0.1) is 0 Å². The van der Waals surface area contributed by atoms with Gasteiger partial charge >= 0.3 is 6.03 Å². The third-order valence-electron chi connectivity index (χ3n) is 5.33. The maximum absolute atomic E-state index is 14.4. The predicted molar refractivity (Wildman–Crippen MR) is 128 cm³/mol. The van der Waals surface area contributed by atoms with E-state index in [4.69, 9.17) is 9.47 Å². The van der Waals surface area contributed by atoms with E-state index in [2.05, 4.69) is 5.32 Å². The lowest BCUT2D eigenvalue weighted by Crippen LogP contribution is -2.44. The molecule has 0 bridgehead atoms. The normalized spacial score (nSPS) is 11.1. The molecule has 1 N–H and O–H groups in total. The molecule has 3 amide bonds. The molecule has 0 atom stereocenters. The van der Waals surface area contributed by atoms with Crippen LogP contribution < -0.4 is 14.8 Å². The van der Waals surface area contributed by atoms with E-state index >= 15 is 0 Å². The molecule has 2 aromatic rings. The van der Waals surface area contributed by atoms with Crippen LogP contribution in [0.4, 0.5) is 13.6 Å². The number of rotatable bonds is 12. The van der Waals surface area contributed by atoms with Crippen molar-refractivity contribution in [2.45, 2.75) is 59.0 Å². The fourth-order valence-electron chi connectivity index (χ4n) is 3.37. The van der Waals surface area contributed by atoms with Crippen LogP contribution in [-0.2, 0) is 12.5 Å². The number of unbranched alkanes of at least 4 members (excludes halogenated alkanes) is 2. The van der Waals surface area contributed by atoms with Gasteiger partial charge in [-0.2, -0.15) is 0 Å². The van der Waals surface area contributed by atoms with Crippen molar-refractivity contribution in [1.82, 2.24) is 10.2 Å². The average Bonchev–Trinajstić information content (AvgIpc) is 2.82. The van der Waals surface area contributed by atoms with Crippen LogP contribution in [0.3, 0.4) is 0 Å². The molecule has 0 aliphatic rings. The van der Waals surface area contributed by atoms with Crippen molar-refractivity contribution < 1.29 is 27.8 Å². The molecule has 0 fully saturated rings. The number of nitrogens with one attached hydrogen (secondary N) is 1. The summed E-state index contributed by atoms with van der Waals surface area (Å²) in [6.07, 6.45) is 3.33. The van der Waals surface area contributed by atoms with E-state index in [9.17, 15) is 18.4 Å². The highest BCUT2D eigenvalue weighted by Gasteiger charge is 2.33. The maximum Gasteiger partial charge on any atom is 0.324 e. The second-order valence-corrected chi connectivity index (χ2v) is 8.16. The summed E-state index contributed by atoms with van der Waals surface area (Å²) in [7, 11) is 1.34. The van der Waals surface area contributed by atoms with Crippen molar-refractivity contribution in [3.63, 3.8) is 0 Å². The van der Waals surface area contributed by atoms with Crippen molar-refractivity contribution in [2.75, 3.05) is 20.2 Å². The molecule has 0 saturated carbocycles. The molecule has 6 nitrogen and oxygen atoms in total. The number of ether oxygens (including phenoxy) is 2. The molecule has 0 spiro atoms. The van der Waals surface area contributed by atoms with Crippen LogP contribution in [0.25, 0.3) is 0 Å². The predicted octanol–water partition coefficient (Wildman–Crippen LogP) is 6.14. The molecule has 0 unspecified atom stereocenters. The van der Waals surface area contributed by atoms with Crippen molar-refractivity contribution in [3.05, 3.63) is 59.2 Å². The zero-order valence-electron chi connectivity index (χ0n) is 20.3. The smallest absolute Gasteiger partial charge is 0.324 e. The zero-order chi connectivity index (χ0) is 25.1. The second-order valence-electron chi connectivity index (χ2n) is 8.16. The Morgan fingerprint density at radius 2 is 1.62 bits per heavy atom. The highest BCUT2D eigenvalue weighted by atomic mass is 19.3. The van der Waals surface area contributed by atoms with Gasteiger partial charge in [0.25, 0.3) is 11.8 Å². The Labute approximate surface area is 200 Å². The molecule has 0 heterocycles. The first kappa shape index (κ1) is 27.1. The number of imide groups is 1. The summed E-state index contributed by atoms with van der Waals surface area (Å²) in [5.41, 5.74) is -0.0239. The Bertz CT molecular complexity index is 938. The van der Waals surface area contributed by atoms with Crippen molar-refractivity contribution in [2.24, 2.45) is 0 Å². The molecule has 0 aliphatic carbocycles. The molecule has 2 aromatic carbocycles. The highest BCUT2D eigenvalue weighted by molar-refractivity contribution is 6.05. The van der Waals surface area contributed by atoms with Gasteiger partial charge in [0.1, 0.15) is 6.61 Å². The molecule has 2 rings (SSSR count). The number of carbonyl (C=O) groups excluding carboxylic acids is 2. The molecule has 34 heavy (non-hydrogen) atoms. The van der Waals surface area contributed by atoms with E-state index in [0.29, 0.717) is 20.0 Å². The first-order valence-corrected chi connectivity index (χ1v) is 11.6. The molecule has 0 radical (unpaired) electrons. The summed E-state index contributed by atoms with van der Waals surface area (Å²) in [5, 5.41) is 2.28. The minimum Gasteiger partial charge on any atom is -0.493 e. The van der Waals surface area contributed by atoms with Crippen LogP contribution in [0.2, 0.25) is 0 Å². The van der Waals surface area contributed by atoms with Crippen LogP contribution in [0.5, 0.6) is 11.5 Å². The molecular weight excluding hydrogens is 442 g/mol. The minimum absolute atomic E-state index is 0.0721. The fraction of sp³-hybridized carbons (Fsp3) is 0.462. The third-order valence-corrected chi connectivity index (χ3v) is 5.33. The summed E-state index contributed by atoms with van der Waals surface area (Å²) in [6, 6.07) is 11.0. The number of halogens is 2. The lowest BCUT2D eigenvalue weighted by molar-refractivity contribution is 0.0160. The van der Waals surface area contributed by atoms with Gasteiger partial charge in [-0.15, -0.1) is 0 Å². The molecule has 8 heteroatoms. The lowest BCUT2D eigenvalue weighted by atomic mass is 10.0. The summed E-state index contributed by atoms with van der Waals surface area (Å²) in [4.78, 5) is 27.3. The van der Waals surface area contributed by atoms with Crippen molar-refractivity contribution >= 4 is 11.9 Å². The summed E-state index contributed by atoms with van der Waals surface area (Å²) < 4.78 is 39.9. The standard InChI is InChI=1S/C26H34F2N2O4/c1-5-7-14-30(15-8-6-2)25(32)29-24(31)20-16-23(34-18-19-12-10-9-11-13-19)22(33-4)17-21(20)26(3,27)28/h9-13,16-17H,5-8,14-15,18H2,1-4H3,(H,29,31,32). The van der Waals surface area contributed by atoms with Gasteiger partial charge in [-0.1, -0.05) is 57.0 Å². The number of carbonyl (C=O) groups is 2. The quantitative estimate of drug-likeness (QED) is 0.400. The Hall–Kier alpha value is -3.16. The van der Waals surface area contributed by atoms with Gasteiger partial charge in [0.15, 0.2) is 11.5 Å². The van der Waals surface area contributed by atoms with E-state index in [1.54, 1.807) is 4.90 Å². The SMILES string of the molecule is CCCCN(CCCC)C(=O)NC(=O)c1cc(OCc2ccccc2)c(OC)cc1C(C)(F)F. The molecular formula is C26H34F2N2O4. The monoisotopic (exact) mass is 476 g/mol. The molecule has 0 aromatic heterocycles. The van der Waals surface area contributed by atoms with Gasteiger partial charge < -0.3 is 14.4 Å². The van der Waals surface area contributed by atoms with Gasteiger partial charge in [-0.05, 0) is 30.5 Å². The Kier molecular flexibility index (Phi) is 10.3. The topological polar surface area (TPSA) is 67.9 Å². The Balaban J connectivity index is 2.34. The first-order chi connectivity index (χ1) is 16.2.